The van der Waals surface area contributed by atoms with Crippen LogP contribution in [-0.4, -0.2) is 55.0 Å². The van der Waals surface area contributed by atoms with Crippen molar-refractivity contribution in [1.82, 2.24) is 15.1 Å². The summed E-state index contributed by atoms with van der Waals surface area (Å²) in [5.74, 6) is -0.229. The number of rotatable bonds is 9. The highest BCUT2D eigenvalue weighted by Crippen LogP contribution is 2.33. The molecule has 1 saturated heterocycles. The first kappa shape index (κ1) is 24.0. The quantitative estimate of drug-likeness (QED) is 0.585. The number of benzene rings is 2. The Labute approximate surface area is 192 Å². The summed E-state index contributed by atoms with van der Waals surface area (Å²) >= 11 is 0. The lowest BCUT2D eigenvalue weighted by Gasteiger charge is -2.26. The Hall–Kier alpha value is -3.62. The molecule has 0 saturated carbocycles. The molecule has 3 rings (SSSR count). The van der Waals surface area contributed by atoms with Gasteiger partial charge in [0.05, 0.1) is 14.2 Å². The number of nitrogens with one attached hydrogen (secondary N) is 1. The topological polar surface area (TPSA) is 88.2 Å². The maximum absolute atomic E-state index is 13.4. The molecule has 9 heteroatoms. The van der Waals surface area contributed by atoms with E-state index in [1.165, 1.54) is 31.4 Å². The summed E-state index contributed by atoms with van der Waals surface area (Å²) in [4.78, 5) is 41.4. The van der Waals surface area contributed by atoms with E-state index in [-0.39, 0.29) is 18.9 Å². The van der Waals surface area contributed by atoms with Crippen LogP contribution in [0.3, 0.4) is 0 Å². The van der Waals surface area contributed by atoms with Crippen molar-refractivity contribution in [2.45, 2.75) is 32.4 Å². The minimum atomic E-state index is -1.33. The van der Waals surface area contributed by atoms with Gasteiger partial charge in [0.15, 0.2) is 11.5 Å². The molecule has 0 aromatic heterocycles. The van der Waals surface area contributed by atoms with E-state index in [9.17, 15) is 18.8 Å². The first-order chi connectivity index (χ1) is 15.8. The molecule has 0 spiro atoms. The van der Waals surface area contributed by atoms with Crippen LogP contribution in [0.4, 0.5) is 9.18 Å². The molecule has 2 aromatic rings. The number of ether oxygens (including phenoxy) is 2. The van der Waals surface area contributed by atoms with E-state index in [0.29, 0.717) is 23.6 Å². The van der Waals surface area contributed by atoms with Crippen LogP contribution in [0.15, 0.2) is 42.5 Å². The van der Waals surface area contributed by atoms with Gasteiger partial charge >= 0.3 is 6.03 Å². The lowest BCUT2D eigenvalue weighted by molar-refractivity contribution is -0.139. The van der Waals surface area contributed by atoms with Crippen LogP contribution < -0.4 is 14.8 Å². The zero-order valence-corrected chi connectivity index (χ0v) is 19.2. The summed E-state index contributed by atoms with van der Waals surface area (Å²) in [7, 11) is 3.07. The van der Waals surface area contributed by atoms with E-state index >= 15 is 0 Å². The van der Waals surface area contributed by atoms with Gasteiger partial charge in [0.25, 0.3) is 5.91 Å². The Morgan fingerprint density at radius 3 is 2.30 bits per heavy atom. The van der Waals surface area contributed by atoms with Crippen molar-refractivity contribution in [2.75, 3.05) is 27.3 Å². The Bertz CT molecular complexity index is 1040. The third-order valence-electron chi connectivity index (χ3n) is 5.89. The van der Waals surface area contributed by atoms with Crippen molar-refractivity contribution in [3.8, 4) is 11.5 Å². The smallest absolute Gasteiger partial charge is 0.325 e. The number of nitrogens with zero attached hydrogens (tertiary/aromatic N) is 2. The van der Waals surface area contributed by atoms with Crippen molar-refractivity contribution < 1.29 is 28.2 Å². The zero-order valence-electron chi connectivity index (χ0n) is 19.2. The monoisotopic (exact) mass is 457 g/mol. The highest BCUT2D eigenvalue weighted by atomic mass is 19.1. The first-order valence-electron chi connectivity index (χ1n) is 10.7. The van der Waals surface area contributed by atoms with E-state index in [4.69, 9.17) is 9.47 Å². The minimum Gasteiger partial charge on any atom is -0.493 e. The summed E-state index contributed by atoms with van der Waals surface area (Å²) in [5, 5.41) is 2.71. The van der Waals surface area contributed by atoms with Crippen LogP contribution in [-0.2, 0) is 21.7 Å². The number of imide groups is 1. The maximum atomic E-state index is 13.4. The van der Waals surface area contributed by atoms with E-state index < -0.39 is 29.8 Å². The molecule has 0 bridgehead atoms. The predicted octanol–water partition coefficient (Wildman–Crippen LogP) is 3.05. The maximum Gasteiger partial charge on any atom is 0.325 e. The molecular weight excluding hydrogens is 429 g/mol. The summed E-state index contributed by atoms with van der Waals surface area (Å²) in [6.07, 6.45) is 0.261. The molecule has 0 radical (unpaired) electrons. The van der Waals surface area contributed by atoms with Gasteiger partial charge in [0.2, 0.25) is 5.91 Å². The van der Waals surface area contributed by atoms with Gasteiger partial charge in [-0.3, -0.25) is 14.5 Å². The lowest BCUT2D eigenvalue weighted by atomic mass is 9.87. The van der Waals surface area contributed by atoms with Gasteiger partial charge in [-0.15, -0.1) is 0 Å². The number of amides is 4. The molecule has 1 atom stereocenters. The second-order valence-corrected chi connectivity index (χ2v) is 7.68. The molecule has 1 aliphatic rings. The molecule has 1 aliphatic heterocycles. The molecule has 1 N–H and O–H groups in total. The van der Waals surface area contributed by atoms with Crippen LogP contribution in [0.2, 0.25) is 0 Å². The molecule has 0 aliphatic carbocycles. The van der Waals surface area contributed by atoms with Crippen LogP contribution in [0, 0.1) is 5.82 Å². The number of methoxy groups -OCH3 is 2. The normalized spacial score (nSPS) is 17.7. The number of hydrogen-bond donors (Lipinski definition) is 1. The van der Waals surface area contributed by atoms with Gasteiger partial charge < -0.3 is 19.7 Å². The molecular formula is C24H28FN3O5. The summed E-state index contributed by atoms with van der Waals surface area (Å²) in [5.41, 5.74) is -0.0440. The third-order valence-corrected chi connectivity index (χ3v) is 5.89. The summed E-state index contributed by atoms with van der Waals surface area (Å²) in [6.45, 7) is 3.83. The number of urea groups is 1. The number of carbonyl (C=O) groups is 3. The van der Waals surface area contributed by atoms with Crippen molar-refractivity contribution in [2.24, 2.45) is 0 Å². The molecule has 2 aromatic carbocycles. The average Bonchev–Trinajstić information content (AvgIpc) is 3.07. The fraction of sp³-hybridized carbons (Fsp3) is 0.375. The largest absolute Gasteiger partial charge is 0.493 e. The van der Waals surface area contributed by atoms with Crippen LogP contribution in [0.25, 0.3) is 0 Å². The van der Waals surface area contributed by atoms with Gasteiger partial charge in [0.1, 0.15) is 17.9 Å². The Morgan fingerprint density at radius 2 is 1.73 bits per heavy atom. The molecule has 1 fully saturated rings. The predicted molar refractivity (Wildman–Crippen MR) is 119 cm³/mol. The van der Waals surface area contributed by atoms with Crippen molar-refractivity contribution >= 4 is 17.8 Å². The zero-order chi connectivity index (χ0) is 24.2. The Kier molecular flexibility index (Phi) is 7.20. The Morgan fingerprint density at radius 1 is 1.06 bits per heavy atom. The Balaban J connectivity index is 1.77. The van der Waals surface area contributed by atoms with E-state index in [0.717, 1.165) is 10.5 Å². The van der Waals surface area contributed by atoms with Gasteiger partial charge in [0, 0.05) is 13.1 Å². The lowest BCUT2D eigenvalue weighted by Crippen LogP contribution is -2.45. The first-order valence-corrected chi connectivity index (χ1v) is 10.7. The highest BCUT2D eigenvalue weighted by molar-refractivity contribution is 6.09. The van der Waals surface area contributed by atoms with Crippen LogP contribution >= 0.6 is 0 Å². The van der Waals surface area contributed by atoms with E-state index in [2.05, 4.69) is 5.32 Å². The number of hydrogen-bond acceptors (Lipinski definition) is 5. The van der Waals surface area contributed by atoms with Crippen LogP contribution in [0.5, 0.6) is 11.5 Å². The molecule has 8 nitrogen and oxygen atoms in total. The third kappa shape index (κ3) is 4.62. The minimum absolute atomic E-state index is 0.261. The van der Waals surface area contributed by atoms with Gasteiger partial charge in [-0.25, -0.2) is 9.18 Å². The van der Waals surface area contributed by atoms with Crippen molar-refractivity contribution in [1.29, 1.82) is 0 Å². The number of likely N-dealkylation sites (N-methyl/N-ethyl adjacent to an activating group) is 1. The van der Waals surface area contributed by atoms with E-state index in [1.807, 2.05) is 13.0 Å². The van der Waals surface area contributed by atoms with Gasteiger partial charge in [-0.2, -0.15) is 0 Å². The average molecular weight is 458 g/mol. The SMILES string of the molecule is CCN(Cc1ccc(OC)c(OC)c1)C(=O)CN1C(=O)NC(CC)(c2ccc(F)cc2)C1=O. The molecule has 1 unspecified atom stereocenters. The summed E-state index contributed by atoms with van der Waals surface area (Å²) < 4.78 is 23.9. The van der Waals surface area contributed by atoms with E-state index in [1.54, 1.807) is 31.1 Å². The second-order valence-electron chi connectivity index (χ2n) is 7.68. The summed E-state index contributed by atoms with van der Waals surface area (Å²) in [6, 6.07) is 10.1. The molecule has 176 valence electrons. The fourth-order valence-corrected chi connectivity index (χ4v) is 3.95. The molecule has 1 heterocycles. The van der Waals surface area contributed by atoms with Gasteiger partial charge in [-0.05, 0) is 48.7 Å². The highest BCUT2D eigenvalue weighted by Gasteiger charge is 2.51. The van der Waals surface area contributed by atoms with Crippen molar-refractivity contribution in [3.05, 3.63) is 59.4 Å². The van der Waals surface area contributed by atoms with Crippen molar-refractivity contribution in [3.63, 3.8) is 0 Å². The standard InChI is InChI=1S/C24H28FN3O5/c1-5-24(17-8-10-18(25)11-9-17)22(30)28(23(31)26-24)15-21(29)27(6-2)14-16-7-12-19(32-3)20(13-16)33-4/h7-13H,5-6,14-15H2,1-4H3,(H,26,31). The number of halogens is 1. The van der Waals surface area contributed by atoms with Gasteiger partial charge in [-0.1, -0.05) is 25.1 Å². The fourth-order valence-electron chi connectivity index (χ4n) is 3.95. The molecule has 4 amide bonds. The molecule has 33 heavy (non-hydrogen) atoms. The second kappa shape index (κ2) is 9.89. The van der Waals surface area contributed by atoms with Crippen LogP contribution in [0.1, 0.15) is 31.4 Å². The number of carbonyl (C=O) groups excluding carboxylic acids is 3.